The monoisotopic (exact) mass is 728 g/mol. The molecular weight excluding hydrogens is 701 g/mol. The van der Waals surface area contributed by atoms with Crippen molar-refractivity contribution in [2.75, 3.05) is 0 Å². The van der Waals surface area contributed by atoms with Crippen molar-refractivity contribution in [3.8, 4) is 22.4 Å². The van der Waals surface area contributed by atoms with Gasteiger partial charge in [0.1, 0.15) is 0 Å². The molecule has 0 radical (unpaired) electrons. The maximum absolute atomic E-state index is 6.17. The average molecular weight is 728 g/mol. The van der Waals surface area contributed by atoms with Crippen LogP contribution in [0, 0.1) is 32.0 Å². The molecule has 41 heavy (non-hydrogen) atoms. The van der Waals surface area contributed by atoms with Crippen LogP contribution in [0.4, 0.5) is 0 Å². The van der Waals surface area contributed by atoms with E-state index in [1.807, 2.05) is 73.8 Å². The predicted molar refractivity (Wildman–Crippen MR) is 165 cm³/mol. The fraction of sp³-hybridized carbons (Fsp3) is 0.167. The Morgan fingerprint density at radius 1 is 0.829 bits per heavy atom. The van der Waals surface area contributed by atoms with Crippen LogP contribution in [0.1, 0.15) is 34.5 Å². The second-order valence-corrected chi connectivity index (χ2v) is 11.5. The quantitative estimate of drug-likeness (QED) is 0.167. The van der Waals surface area contributed by atoms with Crippen LogP contribution in [0.25, 0.3) is 54.5 Å². The second kappa shape index (κ2) is 11.7. The molecule has 0 atom stereocenters. The van der Waals surface area contributed by atoms with Crippen LogP contribution in [0.2, 0.25) is 0 Å². The van der Waals surface area contributed by atoms with Crippen molar-refractivity contribution in [3.05, 3.63) is 119 Å². The van der Waals surface area contributed by atoms with Crippen LogP contribution in [0.15, 0.2) is 83.4 Å². The van der Waals surface area contributed by atoms with Gasteiger partial charge in [-0.1, -0.05) is 22.9 Å². The first kappa shape index (κ1) is 27.5. The maximum atomic E-state index is 6.17. The van der Waals surface area contributed by atoms with Gasteiger partial charge in [-0.25, -0.2) is 10.5 Å². The van der Waals surface area contributed by atoms with E-state index in [-0.39, 0.29) is 20.1 Å². The molecule has 5 heteroatoms. The molecule has 0 unspecified atom stereocenters. The number of fused-ring (bicyclic) bond motifs is 6. The van der Waals surface area contributed by atoms with Crippen molar-refractivity contribution < 1.29 is 24.5 Å². The first-order chi connectivity index (χ1) is 19.6. The van der Waals surface area contributed by atoms with Gasteiger partial charge in [0, 0.05) is 22.9 Å². The molecule has 0 N–H and O–H groups in total. The summed E-state index contributed by atoms with van der Waals surface area (Å²) in [4.78, 5) is 10.4. The SMILES string of the molecule is Cc1ccc(-c2[c-]cccc2)nc1.Cc1ccc2c(n1)oc1c(-c3[c-]cc4sc5c(c4c3)CCCC5)[c-]ccc12.[Ir+3]. The Balaban J connectivity index is 0.000000183. The molecule has 4 heterocycles. The number of furan rings is 1. The van der Waals surface area contributed by atoms with E-state index in [2.05, 4.69) is 58.5 Å². The van der Waals surface area contributed by atoms with E-state index in [1.165, 1.54) is 41.3 Å². The van der Waals surface area contributed by atoms with E-state index < -0.39 is 0 Å². The minimum absolute atomic E-state index is 0. The molecule has 0 bridgehead atoms. The molecule has 0 amide bonds. The third kappa shape index (κ3) is 5.38. The van der Waals surface area contributed by atoms with Gasteiger partial charge in [-0.05, 0) is 78.1 Å². The fourth-order valence-corrected chi connectivity index (χ4v) is 6.70. The molecule has 0 saturated carbocycles. The number of hydrogen-bond acceptors (Lipinski definition) is 4. The van der Waals surface area contributed by atoms with Gasteiger partial charge in [-0.2, -0.15) is 41.2 Å². The minimum atomic E-state index is 0. The van der Waals surface area contributed by atoms with Gasteiger partial charge in [0.15, 0.2) is 0 Å². The van der Waals surface area contributed by atoms with Gasteiger partial charge < -0.3 is 9.40 Å². The summed E-state index contributed by atoms with van der Waals surface area (Å²) in [5.74, 6) is 0. The molecule has 3 nitrogen and oxygen atoms in total. The number of pyridine rings is 2. The first-order valence-corrected chi connectivity index (χ1v) is 14.5. The zero-order valence-electron chi connectivity index (χ0n) is 22.9. The molecule has 202 valence electrons. The zero-order chi connectivity index (χ0) is 27.1. The Kier molecular flexibility index (Phi) is 7.86. The number of aryl methyl sites for hydroxylation is 4. The molecule has 1 aliphatic carbocycles. The standard InChI is InChI=1S/C24H17NOS.C12H10N.Ir/c1-14-9-11-19-18-7-4-6-16(23(18)26-24(19)25-14)15-10-12-22-20(13-15)17-5-2-3-8-21(17)27-22;1-10-7-8-12(13-9-10)11-5-3-2-4-6-11;/h4,7,9,11-13H,2-3,5,8H2,1H3;2-5,7-9H,1H3;/q-2;-1;+3. The van der Waals surface area contributed by atoms with Crippen molar-refractivity contribution in [3.63, 3.8) is 0 Å². The predicted octanol–water partition coefficient (Wildman–Crippen LogP) is 9.51. The average Bonchev–Trinajstić information content (AvgIpc) is 3.55. The normalized spacial score (nSPS) is 12.5. The minimum Gasteiger partial charge on any atom is -0.496 e. The third-order valence-electron chi connectivity index (χ3n) is 7.49. The summed E-state index contributed by atoms with van der Waals surface area (Å²) in [6.07, 6.45) is 6.90. The van der Waals surface area contributed by atoms with E-state index >= 15 is 0 Å². The number of nitrogens with zero attached hydrogens (tertiary/aromatic N) is 2. The van der Waals surface area contributed by atoms with Gasteiger partial charge in [-0.15, -0.1) is 48.0 Å². The largest absolute Gasteiger partial charge is 3.00 e. The molecule has 0 fully saturated rings. The van der Waals surface area contributed by atoms with E-state index in [0.29, 0.717) is 5.71 Å². The molecule has 3 aromatic carbocycles. The van der Waals surface area contributed by atoms with E-state index in [9.17, 15) is 0 Å². The summed E-state index contributed by atoms with van der Waals surface area (Å²) in [5.41, 5.74) is 9.28. The first-order valence-electron chi connectivity index (χ1n) is 13.7. The Bertz CT molecular complexity index is 1970. The number of benzene rings is 3. The molecule has 0 spiro atoms. The summed E-state index contributed by atoms with van der Waals surface area (Å²) in [5, 5.41) is 3.53. The topological polar surface area (TPSA) is 38.9 Å². The molecule has 0 saturated heterocycles. The Labute approximate surface area is 257 Å². The Morgan fingerprint density at radius 3 is 2.56 bits per heavy atom. The summed E-state index contributed by atoms with van der Waals surface area (Å²) in [6.45, 7) is 4.02. The number of rotatable bonds is 2. The zero-order valence-corrected chi connectivity index (χ0v) is 26.1. The molecular formula is C36H27IrN2OS. The van der Waals surface area contributed by atoms with Gasteiger partial charge >= 0.3 is 20.1 Å². The van der Waals surface area contributed by atoms with Crippen LogP contribution >= 0.6 is 11.3 Å². The van der Waals surface area contributed by atoms with Crippen molar-refractivity contribution in [1.82, 2.24) is 9.97 Å². The molecule has 8 rings (SSSR count). The fourth-order valence-electron chi connectivity index (χ4n) is 5.45. The van der Waals surface area contributed by atoms with Crippen LogP contribution in [-0.2, 0) is 32.9 Å². The molecule has 4 aromatic heterocycles. The van der Waals surface area contributed by atoms with Gasteiger partial charge in [-0.3, -0.25) is 0 Å². The van der Waals surface area contributed by atoms with Crippen molar-refractivity contribution in [2.24, 2.45) is 0 Å². The van der Waals surface area contributed by atoms with Crippen LogP contribution in [0.5, 0.6) is 0 Å². The summed E-state index contributed by atoms with van der Waals surface area (Å²) in [6, 6.07) is 34.5. The smallest absolute Gasteiger partial charge is 0.496 e. The Hall–Kier alpha value is -3.63. The van der Waals surface area contributed by atoms with Gasteiger partial charge in [0.25, 0.3) is 0 Å². The number of hydrogen-bond donors (Lipinski definition) is 0. The van der Waals surface area contributed by atoms with Crippen LogP contribution in [0.3, 0.4) is 0 Å². The van der Waals surface area contributed by atoms with E-state index in [0.717, 1.165) is 44.4 Å². The van der Waals surface area contributed by atoms with Crippen LogP contribution < -0.4 is 0 Å². The van der Waals surface area contributed by atoms with Crippen LogP contribution in [-0.4, -0.2) is 9.97 Å². The van der Waals surface area contributed by atoms with Crippen molar-refractivity contribution in [1.29, 1.82) is 0 Å². The number of aromatic nitrogens is 2. The van der Waals surface area contributed by atoms with E-state index in [4.69, 9.17) is 4.42 Å². The second-order valence-electron chi connectivity index (χ2n) is 10.3. The summed E-state index contributed by atoms with van der Waals surface area (Å²) in [7, 11) is 0. The van der Waals surface area contributed by atoms with Gasteiger partial charge in [0.2, 0.25) is 5.71 Å². The summed E-state index contributed by atoms with van der Waals surface area (Å²) < 4.78 is 7.51. The summed E-state index contributed by atoms with van der Waals surface area (Å²) >= 11 is 1.94. The third-order valence-corrected chi connectivity index (χ3v) is 8.75. The molecule has 1 aliphatic rings. The number of thiophene rings is 1. The maximum Gasteiger partial charge on any atom is 3.00 e. The van der Waals surface area contributed by atoms with Gasteiger partial charge in [0.05, 0.1) is 0 Å². The molecule has 0 aliphatic heterocycles. The van der Waals surface area contributed by atoms with Crippen molar-refractivity contribution >= 4 is 43.5 Å². The van der Waals surface area contributed by atoms with Crippen molar-refractivity contribution in [2.45, 2.75) is 39.5 Å². The Morgan fingerprint density at radius 2 is 1.73 bits per heavy atom. The van der Waals surface area contributed by atoms with E-state index in [1.54, 1.807) is 10.4 Å². The molecule has 7 aromatic rings.